The minimum absolute atomic E-state index is 0.0254. The zero-order valence-corrected chi connectivity index (χ0v) is 36.7. The Labute approximate surface area is 367 Å². The Morgan fingerprint density at radius 1 is 0.951 bits per heavy atom. The number of rotatable bonds is 12. The molecule has 3 aliphatic carbocycles. The summed E-state index contributed by atoms with van der Waals surface area (Å²) in [5.41, 5.74) is 6.06. The van der Waals surface area contributed by atoms with E-state index in [2.05, 4.69) is 50.7 Å². The summed E-state index contributed by atoms with van der Waals surface area (Å²) < 4.78 is 42.0. The summed E-state index contributed by atoms with van der Waals surface area (Å²) in [4.78, 5) is 18.5. The first-order chi connectivity index (χ1) is 29.3. The van der Waals surface area contributed by atoms with Crippen LogP contribution in [0.15, 0.2) is 95.5 Å². The molecule has 5 aromatic rings. The summed E-state index contributed by atoms with van der Waals surface area (Å²) in [6.45, 7) is 9.11. The van der Waals surface area contributed by atoms with Crippen LogP contribution in [0.5, 0.6) is 17.2 Å². The van der Waals surface area contributed by atoms with Crippen molar-refractivity contribution < 1.29 is 27.8 Å². The molecule has 320 valence electrons. The number of aliphatic hydroxyl groups excluding tert-OH is 1. The number of fused-ring (bicyclic) bond motifs is 3. The minimum Gasteiger partial charge on any atom is -0.492 e. The number of aromatic amines is 1. The summed E-state index contributed by atoms with van der Waals surface area (Å²) in [5.74, 6) is 0.901. The van der Waals surface area contributed by atoms with Gasteiger partial charge in [0, 0.05) is 55.4 Å². The van der Waals surface area contributed by atoms with Gasteiger partial charge in [-0.3, -0.25) is 14.8 Å². The highest BCUT2D eigenvalue weighted by Gasteiger charge is 2.47. The zero-order valence-electron chi connectivity index (χ0n) is 34.4. The molecule has 0 spiro atoms. The summed E-state index contributed by atoms with van der Waals surface area (Å²) >= 11 is 12.8. The van der Waals surface area contributed by atoms with E-state index in [9.17, 15) is 18.3 Å². The maximum absolute atomic E-state index is 14.0. The fourth-order valence-corrected chi connectivity index (χ4v) is 11.2. The first-order valence-electron chi connectivity index (χ1n) is 21.2. The third kappa shape index (κ3) is 8.88. The van der Waals surface area contributed by atoms with Gasteiger partial charge < -0.3 is 19.5 Å². The third-order valence-corrected chi connectivity index (χ3v) is 15.2. The number of hydrogen-bond donors (Lipinski definition) is 3. The van der Waals surface area contributed by atoms with E-state index < -0.39 is 22.0 Å². The van der Waals surface area contributed by atoms with E-state index in [1.165, 1.54) is 34.9 Å². The Balaban J connectivity index is 0.914. The Hall–Kier alpha value is -4.59. The number of halogens is 2. The van der Waals surface area contributed by atoms with Crippen LogP contribution in [-0.4, -0.2) is 80.0 Å². The van der Waals surface area contributed by atoms with Crippen LogP contribution in [0.2, 0.25) is 10.0 Å². The second-order valence-electron chi connectivity index (χ2n) is 17.9. The molecule has 9 rings (SSSR count). The van der Waals surface area contributed by atoms with Crippen LogP contribution in [0.3, 0.4) is 0 Å². The topological polar surface area (TPSA) is 137 Å². The number of carbonyl (C=O) groups excluding carboxylic acids is 1. The highest BCUT2D eigenvalue weighted by Crippen LogP contribution is 2.49. The van der Waals surface area contributed by atoms with Gasteiger partial charge in [0.05, 0.1) is 45.3 Å². The largest absolute Gasteiger partial charge is 0.492 e. The van der Waals surface area contributed by atoms with E-state index in [0.29, 0.717) is 35.3 Å². The number of sulfonamides is 1. The average molecular weight is 885 g/mol. The van der Waals surface area contributed by atoms with Gasteiger partial charge in [-0.2, -0.15) is 5.10 Å². The fourth-order valence-electron chi connectivity index (χ4n) is 9.83. The van der Waals surface area contributed by atoms with Crippen molar-refractivity contribution >= 4 is 61.3 Å². The van der Waals surface area contributed by atoms with Gasteiger partial charge in [0.2, 0.25) is 0 Å². The van der Waals surface area contributed by atoms with E-state index >= 15 is 0 Å². The van der Waals surface area contributed by atoms with Gasteiger partial charge >= 0.3 is 0 Å². The van der Waals surface area contributed by atoms with E-state index in [1.54, 1.807) is 24.4 Å². The monoisotopic (exact) mass is 883 g/mol. The smallest absolute Gasteiger partial charge is 0.268 e. The number of anilines is 1. The lowest BCUT2D eigenvalue weighted by Crippen LogP contribution is -2.47. The summed E-state index contributed by atoms with van der Waals surface area (Å²) in [7, 11) is -4.36. The standard InChI is InChI=1S/C47H51Cl2N5O6S/c1-47(2)17-16-32(37(25-47)29-8-10-33(48)11-9-29)27-53-18-20-54(21-19-53)34-12-14-36(44(23-34)60-42-5-3-4-41-38(42)26-50-51-41)46(56)52-61(57,58)35-13-15-43(40(49)24-35)59-28-39-30-6-7-31(22-30)45(39)55/h3-5,8-15,23-24,26,30-31,39,45,55H,6-7,16-22,25,27-28H2,1-2H3,(H,50,51)(H,52,56)/t30-,31-,39+,45+/m1/s1. The Morgan fingerprint density at radius 3 is 2.49 bits per heavy atom. The van der Waals surface area contributed by atoms with Crippen molar-refractivity contribution in [1.29, 1.82) is 0 Å². The Bertz CT molecular complexity index is 2590. The van der Waals surface area contributed by atoms with E-state index in [4.69, 9.17) is 32.7 Å². The van der Waals surface area contributed by atoms with Crippen molar-refractivity contribution in [2.24, 2.45) is 23.2 Å². The van der Waals surface area contributed by atoms with Crippen LogP contribution >= 0.6 is 23.2 Å². The molecule has 2 heterocycles. The molecule has 2 bridgehead atoms. The molecule has 4 atom stereocenters. The van der Waals surface area contributed by atoms with Crippen molar-refractivity contribution in [2.45, 2.75) is 63.4 Å². The number of H-pyrrole nitrogens is 1. The molecule has 14 heteroatoms. The molecule has 11 nitrogen and oxygen atoms in total. The molecule has 3 fully saturated rings. The molecule has 4 aromatic carbocycles. The molecule has 1 aliphatic heterocycles. The molecular formula is C47H51Cl2N5O6S. The highest BCUT2D eigenvalue weighted by atomic mass is 35.5. The van der Waals surface area contributed by atoms with Crippen molar-refractivity contribution in [3.8, 4) is 17.2 Å². The van der Waals surface area contributed by atoms with Crippen molar-refractivity contribution in [1.82, 2.24) is 19.8 Å². The summed E-state index contributed by atoms with van der Waals surface area (Å²) in [6, 6.07) is 23.1. The molecule has 3 N–H and O–H groups in total. The van der Waals surface area contributed by atoms with Gasteiger partial charge in [0.15, 0.2) is 0 Å². The Morgan fingerprint density at radius 2 is 1.74 bits per heavy atom. The van der Waals surface area contributed by atoms with E-state index in [1.807, 2.05) is 30.3 Å². The number of aromatic nitrogens is 2. The van der Waals surface area contributed by atoms with Crippen molar-refractivity contribution in [2.75, 3.05) is 44.2 Å². The molecule has 1 aromatic heterocycles. The maximum Gasteiger partial charge on any atom is 0.268 e. The molecule has 61 heavy (non-hydrogen) atoms. The van der Waals surface area contributed by atoms with Gasteiger partial charge in [-0.25, -0.2) is 13.1 Å². The number of allylic oxidation sites excluding steroid dienone is 1. The maximum atomic E-state index is 14.0. The van der Waals surface area contributed by atoms with Gasteiger partial charge in [-0.05, 0) is 122 Å². The lowest BCUT2D eigenvalue weighted by molar-refractivity contribution is 0.0335. The number of amides is 1. The molecule has 0 radical (unpaired) electrons. The van der Waals surface area contributed by atoms with Gasteiger partial charge in [-0.1, -0.05) is 60.8 Å². The quantitative estimate of drug-likeness (QED) is 0.112. The van der Waals surface area contributed by atoms with Crippen molar-refractivity contribution in [3.63, 3.8) is 0 Å². The molecule has 0 unspecified atom stereocenters. The van der Waals surface area contributed by atoms with Crippen LogP contribution in [0.25, 0.3) is 16.5 Å². The molecule has 2 saturated carbocycles. The number of nitrogens with zero attached hydrogens (tertiary/aromatic N) is 3. The van der Waals surface area contributed by atoms with Gasteiger partial charge in [-0.15, -0.1) is 0 Å². The SMILES string of the molecule is CC1(C)CCC(CN2CCN(c3ccc(C(=O)NS(=O)(=O)c4ccc(OC[C@H]5[C@@H]6CC[C@H](C6)[C@@H]5O)c(Cl)c4)c(Oc4cccc5[nH]ncc45)c3)CC2)=C(c2ccc(Cl)cc2)C1. The van der Waals surface area contributed by atoms with Crippen LogP contribution in [-0.2, 0) is 10.0 Å². The number of aliphatic hydroxyl groups is 1. The summed E-state index contributed by atoms with van der Waals surface area (Å²) in [5, 5.41) is 19.3. The molecule has 1 amide bonds. The number of carbonyl (C=O) groups is 1. The number of piperazine rings is 1. The van der Waals surface area contributed by atoms with E-state index in [0.717, 1.165) is 87.5 Å². The van der Waals surface area contributed by atoms with Crippen LogP contribution < -0.4 is 19.1 Å². The summed E-state index contributed by atoms with van der Waals surface area (Å²) in [6.07, 6.45) is 7.63. The zero-order chi connectivity index (χ0) is 42.5. The molecule has 4 aliphatic rings. The molecule has 1 saturated heterocycles. The number of hydrogen-bond acceptors (Lipinski definition) is 9. The third-order valence-electron chi connectivity index (χ3n) is 13.3. The first-order valence-corrected chi connectivity index (χ1v) is 23.4. The lowest BCUT2D eigenvalue weighted by atomic mass is 9.72. The first kappa shape index (κ1) is 41.7. The Kier molecular flexibility index (Phi) is 11.6. The lowest BCUT2D eigenvalue weighted by Gasteiger charge is -2.39. The number of nitrogens with one attached hydrogen (secondary N) is 2. The predicted octanol–water partition coefficient (Wildman–Crippen LogP) is 9.35. The second-order valence-corrected chi connectivity index (χ2v) is 20.4. The van der Waals surface area contributed by atoms with Crippen LogP contribution in [0.4, 0.5) is 5.69 Å². The molecular weight excluding hydrogens is 834 g/mol. The fraction of sp³-hybridized carbons (Fsp3) is 0.404. The van der Waals surface area contributed by atoms with Gasteiger partial charge in [0.25, 0.3) is 15.9 Å². The van der Waals surface area contributed by atoms with Gasteiger partial charge in [0.1, 0.15) is 17.2 Å². The van der Waals surface area contributed by atoms with E-state index in [-0.39, 0.29) is 32.6 Å². The normalized spacial score (nSPS) is 22.8. The highest BCUT2D eigenvalue weighted by molar-refractivity contribution is 7.90. The minimum atomic E-state index is -4.36. The number of ether oxygens (including phenoxy) is 2. The van der Waals surface area contributed by atoms with Crippen molar-refractivity contribution in [3.05, 3.63) is 112 Å². The number of benzene rings is 4. The predicted molar refractivity (Wildman–Crippen MR) is 239 cm³/mol. The van der Waals surface area contributed by atoms with Crippen LogP contribution in [0, 0.1) is 23.2 Å². The second kappa shape index (κ2) is 16.9. The average Bonchev–Trinajstić information content (AvgIpc) is 4.00. The van der Waals surface area contributed by atoms with Crippen LogP contribution in [0.1, 0.15) is 68.3 Å².